The molecule has 1 aliphatic rings. The number of carboxylic acid groups (broad SMARTS) is 1. The Bertz CT molecular complexity index is 157. The molecule has 1 heterocycles. The van der Waals surface area contributed by atoms with Gasteiger partial charge in [0.05, 0.1) is 12.6 Å². The van der Waals surface area contributed by atoms with Gasteiger partial charge in [-0.2, -0.15) is 0 Å². The Labute approximate surface area is 84.3 Å². The molecule has 1 rings (SSSR count). The average molecular weight is 210 g/mol. The van der Waals surface area contributed by atoms with Crippen LogP contribution in [0.1, 0.15) is 12.8 Å². The molecule has 0 aliphatic carbocycles. The van der Waals surface area contributed by atoms with E-state index >= 15 is 0 Å². The Hall–Kier alpha value is -0.320. The van der Waals surface area contributed by atoms with E-state index in [0.29, 0.717) is 6.10 Å². The molecular formula is C8H16ClNO3. The van der Waals surface area contributed by atoms with Crippen molar-refractivity contribution >= 4 is 18.4 Å². The summed E-state index contributed by atoms with van der Waals surface area (Å²) in [5.41, 5.74) is 0. The van der Waals surface area contributed by atoms with Crippen LogP contribution in [0, 0.1) is 0 Å². The molecule has 5 heteroatoms. The maximum absolute atomic E-state index is 10.3. The van der Waals surface area contributed by atoms with E-state index in [-0.39, 0.29) is 19.0 Å². The highest BCUT2D eigenvalue weighted by Gasteiger charge is 2.19. The smallest absolute Gasteiger partial charge is 0.317 e. The lowest BCUT2D eigenvalue weighted by molar-refractivity contribution is -0.138. The second-order valence-corrected chi connectivity index (χ2v) is 3.10. The van der Waals surface area contributed by atoms with Crippen molar-refractivity contribution in [1.29, 1.82) is 0 Å². The molecule has 0 unspecified atom stereocenters. The molecule has 0 aromatic heterocycles. The molecule has 1 saturated heterocycles. The summed E-state index contributed by atoms with van der Waals surface area (Å²) in [6.07, 6.45) is 2.23. The largest absolute Gasteiger partial charge is 0.480 e. The van der Waals surface area contributed by atoms with Crippen LogP contribution in [0.5, 0.6) is 0 Å². The van der Waals surface area contributed by atoms with E-state index in [0.717, 1.165) is 25.9 Å². The van der Waals surface area contributed by atoms with Gasteiger partial charge in [-0.1, -0.05) is 0 Å². The molecule has 1 N–H and O–H groups in total. The van der Waals surface area contributed by atoms with E-state index in [1.807, 2.05) is 4.90 Å². The maximum Gasteiger partial charge on any atom is 0.317 e. The zero-order valence-electron chi connectivity index (χ0n) is 7.73. The third-order valence-electron chi connectivity index (χ3n) is 2.23. The third-order valence-corrected chi connectivity index (χ3v) is 2.23. The quantitative estimate of drug-likeness (QED) is 0.740. The van der Waals surface area contributed by atoms with Gasteiger partial charge in [-0.25, -0.2) is 0 Å². The van der Waals surface area contributed by atoms with Gasteiger partial charge in [0.25, 0.3) is 0 Å². The fourth-order valence-corrected chi connectivity index (χ4v) is 1.49. The van der Waals surface area contributed by atoms with Crippen molar-refractivity contribution in [2.24, 2.45) is 0 Å². The fourth-order valence-electron chi connectivity index (χ4n) is 1.49. The minimum atomic E-state index is -0.745. The zero-order chi connectivity index (χ0) is 8.97. The van der Waals surface area contributed by atoms with Crippen LogP contribution in [0.25, 0.3) is 0 Å². The van der Waals surface area contributed by atoms with Crippen LogP contribution < -0.4 is 0 Å². The Balaban J connectivity index is 0.00000144. The van der Waals surface area contributed by atoms with E-state index in [9.17, 15) is 4.79 Å². The van der Waals surface area contributed by atoms with Crippen molar-refractivity contribution in [3.63, 3.8) is 0 Å². The maximum atomic E-state index is 10.3. The zero-order valence-corrected chi connectivity index (χ0v) is 8.55. The number of hydrogen-bond donors (Lipinski definition) is 1. The van der Waals surface area contributed by atoms with Crippen LogP contribution >= 0.6 is 12.4 Å². The molecule has 78 valence electrons. The predicted molar refractivity (Wildman–Crippen MR) is 51.4 cm³/mol. The van der Waals surface area contributed by atoms with E-state index in [1.165, 1.54) is 0 Å². The molecule has 4 nitrogen and oxygen atoms in total. The van der Waals surface area contributed by atoms with E-state index in [4.69, 9.17) is 9.84 Å². The molecule has 0 bridgehead atoms. The second kappa shape index (κ2) is 6.18. The predicted octanol–water partition coefficient (Wildman–Crippen LogP) is 0.604. The summed E-state index contributed by atoms with van der Waals surface area (Å²) in [7, 11) is 1.71. The first-order valence-electron chi connectivity index (χ1n) is 4.19. The van der Waals surface area contributed by atoms with Crippen molar-refractivity contribution in [2.45, 2.75) is 18.9 Å². The van der Waals surface area contributed by atoms with E-state index in [1.54, 1.807) is 7.11 Å². The lowest BCUT2D eigenvalue weighted by Crippen LogP contribution is -2.39. The van der Waals surface area contributed by atoms with Crippen LogP contribution in [0.4, 0.5) is 0 Å². The fraction of sp³-hybridized carbons (Fsp3) is 0.875. The van der Waals surface area contributed by atoms with Gasteiger partial charge in [-0.15, -0.1) is 12.4 Å². The van der Waals surface area contributed by atoms with Crippen molar-refractivity contribution < 1.29 is 14.6 Å². The number of nitrogens with zero attached hydrogens (tertiary/aromatic N) is 1. The minimum absolute atomic E-state index is 0. The van der Waals surface area contributed by atoms with Crippen LogP contribution in [-0.4, -0.2) is 48.8 Å². The standard InChI is InChI=1S/C8H15NO3.ClH/c1-12-7-2-4-9(5-3-7)6-8(10)11;/h7H,2-6H2,1H3,(H,10,11);1H. The number of carbonyl (C=O) groups is 1. The van der Waals surface area contributed by atoms with Crippen LogP contribution in [-0.2, 0) is 9.53 Å². The number of rotatable bonds is 3. The van der Waals surface area contributed by atoms with E-state index < -0.39 is 5.97 Å². The molecule has 0 radical (unpaired) electrons. The molecule has 0 spiro atoms. The molecule has 1 aliphatic heterocycles. The highest BCUT2D eigenvalue weighted by molar-refractivity contribution is 5.85. The third kappa shape index (κ3) is 4.45. The number of methoxy groups -OCH3 is 1. The van der Waals surface area contributed by atoms with Crippen molar-refractivity contribution in [2.75, 3.05) is 26.7 Å². The summed E-state index contributed by atoms with van der Waals surface area (Å²) in [5.74, 6) is -0.745. The van der Waals surface area contributed by atoms with Gasteiger partial charge in [0.2, 0.25) is 0 Å². The first-order chi connectivity index (χ1) is 5.72. The summed E-state index contributed by atoms with van der Waals surface area (Å²) in [5, 5.41) is 8.52. The summed E-state index contributed by atoms with van der Waals surface area (Å²) >= 11 is 0. The summed E-state index contributed by atoms with van der Waals surface area (Å²) in [4.78, 5) is 12.3. The number of piperidine rings is 1. The van der Waals surface area contributed by atoms with Gasteiger partial charge >= 0.3 is 5.97 Å². The number of carboxylic acids is 1. The molecule has 0 saturated carbocycles. The Kier molecular flexibility index (Phi) is 6.03. The van der Waals surface area contributed by atoms with Gasteiger partial charge in [-0.3, -0.25) is 9.69 Å². The first kappa shape index (κ1) is 12.7. The number of likely N-dealkylation sites (tertiary alicyclic amines) is 1. The Morgan fingerprint density at radius 3 is 2.46 bits per heavy atom. The number of aliphatic carboxylic acids is 1. The normalized spacial score (nSPS) is 19.5. The molecule has 0 atom stereocenters. The average Bonchev–Trinajstić information content (AvgIpc) is 2.05. The molecule has 1 fully saturated rings. The molecule has 0 aromatic carbocycles. The molecule has 0 aromatic rings. The monoisotopic (exact) mass is 209 g/mol. The minimum Gasteiger partial charge on any atom is -0.480 e. The van der Waals surface area contributed by atoms with Crippen LogP contribution in [0.15, 0.2) is 0 Å². The highest BCUT2D eigenvalue weighted by Crippen LogP contribution is 2.11. The number of halogens is 1. The van der Waals surface area contributed by atoms with Gasteiger partial charge < -0.3 is 9.84 Å². The van der Waals surface area contributed by atoms with Gasteiger partial charge in [-0.05, 0) is 12.8 Å². The topological polar surface area (TPSA) is 49.8 Å². The first-order valence-corrected chi connectivity index (χ1v) is 4.19. The lowest BCUT2D eigenvalue weighted by atomic mass is 10.1. The van der Waals surface area contributed by atoms with Crippen molar-refractivity contribution in [1.82, 2.24) is 4.90 Å². The van der Waals surface area contributed by atoms with Gasteiger partial charge in [0.15, 0.2) is 0 Å². The van der Waals surface area contributed by atoms with Crippen LogP contribution in [0.3, 0.4) is 0 Å². The van der Waals surface area contributed by atoms with Crippen LogP contribution in [0.2, 0.25) is 0 Å². The lowest BCUT2D eigenvalue weighted by Gasteiger charge is -2.29. The number of hydrogen-bond acceptors (Lipinski definition) is 3. The highest BCUT2D eigenvalue weighted by atomic mass is 35.5. The summed E-state index contributed by atoms with van der Waals surface area (Å²) in [6, 6.07) is 0. The van der Waals surface area contributed by atoms with E-state index in [2.05, 4.69) is 0 Å². The SMILES string of the molecule is COC1CCN(CC(=O)O)CC1.Cl. The van der Waals surface area contributed by atoms with Crippen molar-refractivity contribution in [3.8, 4) is 0 Å². The molecular weight excluding hydrogens is 194 g/mol. The molecule has 0 amide bonds. The Morgan fingerprint density at radius 1 is 1.54 bits per heavy atom. The Morgan fingerprint density at radius 2 is 2.08 bits per heavy atom. The summed E-state index contributed by atoms with van der Waals surface area (Å²) in [6.45, 7) is 1.84. The number of ether oxygens (including phenoxy) is 1. The summed E-state index contributed by atoms with van der Waals surface area (Å²) < 4.78 is 5.17. The second-order valence-electron chi connectivity index (χ2n) is 3.10. The van der Waals surface area contributed by atoms with Gasteiger partial charge in [0.1, 0.15) is 0 Å². The molecule has 13 heavy (non-hydrogen) atoms. The van der Waals surface area contributed by atoms with Crippen molar-refractivity contribution in [3.05, 3.63) is 0 Å². The van der Waals surface area contributed by atoms with Gasteiger partial charge in [0, 0.05) is 20.2 Å².